The molecule has 2 atom stereocenters. The Hall–Kier alpha value is -2.15. The van der Waals surface area contributed by atoms with E-state index in [1.807, 2.05) is 0 Å². The third-order valence-electron chi connectivity index (χ3n) is 6.31. The number of nitro benzene ring substituents is 1. The van der Waals surface area contributed by atoms with Crippen LogP contribution < -0.4 is 10.2 Å². The number of hydrogen-bond acceptors (Lipinski definition) is 5. The first kappa shape index (κ1) is 18.6. The molecule has 0 saturated heterocycles. The molecule has 0 aromatic heterocycles. The lowest BCUT2D eigenvalue weighted by molar-refractivity contribution is -0.384. The molecule has 0 spiro atoms. The van der Waals surface area contributed by atoms with E-state index in [0.717, 1.165) is 18.6 Å². The van der Waals surface area contributed by atoms with Crippen molar-refractivity contribution in [1.29, 1.82) is 0 Å². The lowest BCUT2D eigenvalue weighted by atomic mass is 9.70. The van der Waals surface area contributed by atoms with E-state index in [1.54, 1.807) is 0 Å². The average Bonchev–Trinajstić information content (AvgIpc) is 2.91. The van der Waals surface area contributed by atoms with Crippen LogP contribution in [0, 0.1) is 26.9 Å². The molecule has 1 aromatic rings. The number of nitrogens with one attached hydrogen (secondary N) is 1. The molecule has 2 saturated carbocycles. The molecule has 8 heteroatoms. The van der Waals surface area contributed by atoms with E-state index >= 15 is 0 Å². The number of carbonyl (C=O) groups is 1. The van der Waals surface area contributed by atoms with Crippen LogP contribution in [0.1, 0.15) is 40.0 Å². The van der Waals surface area contributed by atoms with Crippen molar-refractivity contribution in [1.82, 2.24) is 5.43 Å². The highest BCUT2D eigenvalue weighted by atomic mass is 35.5. The van der Waals surface area contributed by atoms with Gasteiger partial charge in [-0.05, 0) is 36.7 Å². The van der Waals surface area contributed by atoms with Gasteiger partial charge in [0, 0.05) is 23.3 Å². The van der Waals surface area contributed by atoms with Gasteiger partial charge in [-0.25, -0.2) is 5.43 Å². The molecule has 3 rings (SSSR count). The van der Waals surface area contributed by atoms with Gasteiger partial charge in [0.2, 0.25) is 0 Å². The normalized spacial score (nSPS) is 27.5. The van der Waals surface area contributed by atoms with Crippen molar-refractivity contribution >= 4 is 28.9 Å². The first-order valence-electron chi connectivity index (χ1n) is 8.58. The lowest BCUT2D eigenvalue weighted by Gasteiger charge is -2.34. The van der Waals surface area contributed by atoms with Gasteiger partial charge in [-0.3, -0.25) is 14.9 Å². The molecule has 0 radical (unpaired) electrons. The minimum Gasteiger partial charge on any atom is -0.482 e. The van der Waals surface area contributed by atoms with E-state index in [1.165, 1.54) is 24.6 Å². The van der Waals surface area contributed by atoms with Crippen molar-refractivity contribution in [3.05, 3.63) is 33.3 Å². The van der Waals surface area contributed by atoms with Gasteiger partial charge < -0.3 is 4.74 Å². The van der Waals surface area contributed by atoms with Crippen LogP contribution in [0.5, 0.6) is 5.75 Å². The second kappa shape index (κ2) is 6.54. The first-order chi connectivity index (χ1) is 12.1. The highest BCUT2D eigenvalue weighted by molar-refractivity contribution is 6.32. The van der Waals surface area contributed by atoms with Crippen molar-refractivity contribution in [2.75, 3.05) is 6.61 Å². The third kappa shape index (κ3) is 3.05. The van der Waals surface area contributed by atoms with Crippen molar-refractivity contribution in [2.45, 2.75) is 40.0 Å². The molecular weight excluding hydrogens is 358 g/mol. The molecule has 7 nitrogen and oxygen atoms in total. The molecule has 2 bridgehead atoms. The Morgan fingerprint density at radius 2 is 2.19 bits per heavy atom. The molecule has 26 heavy (non-hydrogen) atoms. The Labute approximate surface area is 156 Å². The zero-order valence-electron chi connectivity index (χ0n) is 15.0. The summed E-state index contributed by atoms with van der Waals surface area (Å²) < 4.78 is 5.34. The van der Waals surface area contributed by atoms with Crippen LogP contribution >= 0.6 is 11.6 Å². The van der Waals surface area contributed by atoms with Gasteiger partial charge in [0.15, 0.2) is 6.61 Å². The zero-order chi connectivity index (χ0) is 19.1. The van der Waals surface area contributed by atoms with E-state index in [2.05, 4.69) is 31.3 Å². The summed E-state index contributed by atoms with van der Waals surface area (Å²) in [6.07, 6.45) is 3.21. The maximum Gasteiger partial charge on any atom is 0.277 e. The molecule has 0 heterocycles. The summed E-state index contributed by atoms with van der Waals surface area (Å²) >= 11 is 5.94. The maximum absolute atomic E-state index is 12.0. The number of ether oxygens (including phenoxy) is 1. The summed E-state index contributed by atoms with van der Waals surface area (Å²) in [4.78, 5) is 22.2. The number of rotatable bonds is 5. The van der Waals surface area contributed by atoms with E-state index < -0.39 is 10.8 Å². The fourth-order valence-electron chi connectivity index (χ4n) is 4.12. The standard InChI is InChI=1S/C18H22ClN3O4/c1-17(2)11-6-7-18(17,3)15(8-11)20-21-16(23)10-26-14-5-4-12(22(24)25)9-13(14)19/h4-5,9,11H,6-8,10H2,1-3H3,(H,21,23)/b20-15+. The molecule has 2 aliphatic carbocycles. The predicted molar refractivity (Wildman–Crippen MR) is 98.4 cm³/mol. The monoisotopic (exact) mass is 379 g/mol. The molecule has 0 aliphatic heterocycles. The first-order valence-corrected chi connectivity index (χ1v) is 8.95. The Kier molecular flexibility index (Phi) is 4.69. The number of nitro groups is 1. The zero-order valence-corrected chi connectivity index (χ0v) is 15.8. The van der Waals surface area contributed by atoms with Crippen LogP contribution in [0.25, 0.3) is 0 Å². The summed E-state index contributed by atoms with van der Waals surface area (Å²) in [5.74, 6) is 0.433. The number of benzene rings is 1. The van der Waals surface area contributed by atoms with Crippen LogP contribution in [0.2, 0.25) is 5.02 Å². The summed E-state index contributed by atoms with van der Waals surface area (Å²) in [6.45, 7) is 6.50. The number of non-ortho nitro benzene ring substituents is 1. The van der Waals surface area contributed by atoms with E-state index in [4.69, 9.17) is 16.3 Å². The summed E-state index contributed by atoms with van der Waals surface area (Å²) in [5.41, 5.74) is 3.69. The molecule has 1 N–H and O–H groups in total. The van der Waals surface area contributed by atoms with Crippen LogP contribution in [0.4, 0.5) is 5.69 Å². The Morgan fingerprint density at radius 3 is 2.73 bits per heavy atom. The van der Waals surface area contributed by atoms with E-state index in [0.29, 0.717) is 5.92 Å². The van der Waals surface area contributed by atoms with E-state index in [-0.39, 0.29) is 33.9 Å². The second-order valence-electron chi connectivity index (χ2n) is 7.75. The topological polar surface area (TPSA) is 93.8 Å². The number of hydrogen-bond donors (Lipinski definition) is 1. The molecule has 2 fully saturated rings. The summed E-state index contributed by atoms with van der Waals surface area (Å²) in [6, 6.07) is 3.84. The Balaban J connectivity index is 1.58. The van der Waals surface area contributed by atoms with Crippen molar-refractivity contribution in [3.63, 3.8) is 0 Å². The summed E-state index contributed by atoms with van der Waals surface area (Å²) in [7, 11) is 0. The average molecular weight is 380 g/mol. The largest absolute Gasteiger partial charge is 0.482 e. The van der Waals surface area contributed by atoms with Gasteiger partial charge in [0.25, 0.3) is 11.6 Å². The van der Waals surface area contributed by atoms with Crippen LogP contribution in [-0.2, 0) is 4.79 Å². The van der Waals surface area contributed by atoms with Crippen LogP contribution in [0.15, 0.2) is 23.3 Å². The minimum atomic E-state index is -0.546. The fraction of sp³-hybridized carbons (Fsp3) is 0.556. The molecule has 2 aliphatic rings. The van der Waals surface area contributed by atoms with Gasteiger partial charge in [0.05, 0.1) is 9.95 Å². The number of carbonyl (C=O) groups excluding carboxylic acids is 1. The van der Waals surface area contributed by atoms with Crippen molar-refractivity contribution < 1.29 is 14.5 Å². The Morgan fingerprint density at radius 1 is 1.46 bits per heavy atom. The number of fused-ring (bicyclic) bond motifs is 2. The van der Waals surface area contributed by atoms with Gasteiger partial charge in [-0.2, -0.15) is 5.10 Å². The highest BCUT2D eigenvalue weighted by Gasteiger charge is 2.60. The molecule has 2 unspecified atom stereocenters. The lowest BCUT2D eigenvalue weighted by Crippen LogP contribution is -2.35. The SMILES string of the molecule is CC12CCC(C/C1=N\NC(=O)COc1ccc([N+](=O)[O-])cc1Cl)C2(C)C. The molecule has 140 valence electrons. The number of nitrogens with zero attached hydrogens (tertiary/aromatic N) is 2. The highest BCUT2D eigenvalue weighted by Crippen LogP contribution is 2.63. The minimum absolute atomic E-state index is 0.0213. The number of hydrazone groups is 1. The van der Waals surface area contributed by atoms with Crippen molar-refractivity contribution in [2.24, 2.45) is 21.8 Å². The second-order valence-corrected chi connectivity index (χ2v) is 8.15. The molecule has 1 amide bonds. The number of halogens is 1. The molecular formula is C18H22ClN3O4. The third-order valence-corrected chi connectivity index (χ3v) is 6.61. The van der Waals surface area contributed by atoms with Gasteiger partial charge in [-0.15, -0.1) is 0 Å². The van der Waals surface area contributed by atoms with E-state index in [9.17, 15) is 14.9 Å². The quantitative estimate of drug-likeness (QED) is 0.619. The van der Waals surface area contributed by atoms with Crippen LogP contribution in [0.3, 0.4) is 0 Å². The maximum atomic E-state index is 12.0. The van der Waals surface area contributed by atoms with Crippen LogP contribution in [-0.4, -0.2) is 23.1 Å². The fourth-order valence-corrected chi connectivity index (χ4v) is 4.35. The van der Waals surface area contributed by atoms with Gasteiger partial charge in [-0.1, -0.05) is 32.4 Å². The Bertz CT molecular complexity index is 793. The van der Waals surface area contributed by atoms with Gasteiger partial charge in [0.1, 0.15) is 5.75 Å². The van der Waals surface area contributed by atoms with Gasteiger partial charge >= 0.3 is 0 Å². The smallest absolute Gasteiger partial charge is 0.277 e. The molecule has 1 aromatic carbocycles. The summed E-state index contributed by atoms with van der Waals surface area (Å²) in [5, 5.41) is 15.1. The van der Waals surface area contributed by atoms with Crippen molar-refractivity contribution in [3.8, 4) is 5.75 Å². The number of amides is 1. The predicted octanol–water partition coefficient (Wildman–Crippen LogP) is 3.95.